The zero-order valence-electron chi connectivity index (χ0n) is 10.7. The maximum atomic E-state index is 11.4. The minimum Gasteiger partial charge on any atom is -0.392 e. The van der Waals surface area contributed by atoms with E-state index in [1.807, 2.05) is 31.3 Å². The number of benzene rings is 1. The molecule has 0 spiro atoms. The molecule has 1 aromatic rings. The average molecular weight is 248 g/mol. The largest absolute Gasteiger partial charge is 0.392 e. The molecule has 1 amide bonds. The summed E-state index contributed by atoms with van der Waals surface area (Å²) in [6, 6.07) is 8.30. The molecular formula is C14H20N2O2. The lowest BCUT2D eigenvalue weighted by molar-refractivity contribution is -0.132. The third kappa shape index (κ3) is 3.31. The monoisotopic (exact) mass is 248 g/mol. The molecule has 0 aliphatic carbocycles. The summed E-state index contributed by atoms with van der Waals surface area (Å²) in [6.45, 7) is 1.68. The molecule has 1 heterocycles. The Morgan fingerprint density at radius 2 is 2.00 bits per heavy atom. The van der Waals surface area contributed by atoms with Gasteiger partial charge in [0.1, 0.15) is 0 Å². The van der Waals surface area contributed by atoms with Crippen LogP contribution in [-0.4, -0.2) is 35.5 Å². The van der Waals surface area contributed by atoms with Crippen molar-refractivity contribution in [2.75, 3.05) is 13.6 Å². The number of nitrogens with one attached hydrogen (secondary N) is 1. The molecule has 0 bridgehead atoms. The number of amides is 1. The first-order valence-electron chi connectivity index (χ1n) is 6.35. The van der Waals surface area contributed by atoms with Gasteiger partial charge in [-0.2, -0.15) is 0 Å². The molecule has 0 radical (unpaired) electrons. The maximum absolute atomic E-state index is 11.4. The van der Waals surface area contributed by atoms with Gasteiger partial charge in [0.05, 0.1) is 6.61 Å². The Morgan fingerprint density at radius 1 is 1.33 bits per heavy atom. The Bertz CT molecular complexity index is 403. The van der Waals surface area contributed by atoms with Crippen LogP contribution in [0.3, 0.4) is 0 Å². The first kappa shape index (κ1) is 13.1. The van der Waals surface area contributed by atoms with Crippen molar-refractivity contribution in [1.29, 1.82) is 0 Å². The van der Waals surface area contributed by atoms with Gasteiger partial charge in [-0.1, -0.05) is 24.3 Å². The van der Waals surface area contributed by atoms with E-state index < -0.39 is 0 Å². The first-order chi connectivity index (χ1) is 8.69. The van der Waals surface area contributed by atoms with Gasteiger partial charge in [-0.15, -0.1) is 0 Å². The van der Waals surface area contributed by atoms with Gasteiger partial charge in [-0.05, 0) is 17.5 Å². The summed E-state index contributed by atoms with van der Waals surface area (Å²) in [6.07, 6.45) is 1.55. The van der Waals surface area contributed by atoms with Gasteiger partial charge in [0.2, 0.25) is 5.91 Å². The summed E-state index contributed by atoms with van der Waals surface area (Å²) in [5.74, 6) is 0.236. The van der Waals surface area contributed by atoms with Crippen molar-refractivity contribution in [2.45, 2.75) is 32.0 Å². The van der Waals surface area contributed by atoms with Crippen LogP contribution in [0.25, 0.3) is 0 Å². The van der Waals surface area contributed by atoms with Crippen LogP contribution in [0, 0.1) is 0 Å². The SMILES string of the molecule is CN1CC(NCc2ccc(CO)cc2)CCC1=O. The van der Waals surface area contributed by atoms with Crippen molar-refractivity contribution < 1.29 is 9.90 Å². The van der Waals surface area contributed by atoms with Crippen LogP contribution in [-0.2, 0) is 17.9 Å². The molecule has 2 N–H and O–H groups in total. The molecule has 2 rings (SSSR count). The van der Waals surface area contributed by atoms with E-state index in [9.17, 15) is 4.79 Å². The number of nitrogens with zero attached hydrogens (tertiary/aromatic N) is 1. The van der Waals surface area contributed by atoms with Crippen LogP contribution in [0.4, 0.5) is 0 Å². The van der Waals surface area contributed by atoms with E-state index in [0.717, 1.165) is 25.1 Å². The highest BCUT2D eigenvalue weighted by molar-refractivity contribution is 5.76. The number of carbonyl (C=O) groups is 1. The van der Waals surface area contributed by atoms with E-state index >= 15 is 0 Å². The fourth-order valence-corrected chi connectivity index (χ4v) is 2.20. The molecule has 1 aromatic carbocycles. The number of likely N-dealkylation sites (N-methyl/N-ethyl adjacent to an activating group) is 1. The molecule has 1 fully saturated rings. The molecule has 1 atom stereocenters. The van der Waals surface area contributed by atoms with Gasteiger partial charge in [0, 0.05) is 32.6 Å². The molecule has 0 aromatic heterocycles. The summed E-state index contributed by atoms with van der Waals surface area (Å²) >= 11 is 0. The van der Waals surface area contributed by atoms with Gasteiger partial charge in [-0.25, -0.2) is 0 Å². The van der Waals surface area contributed by atoms with Crippen molar-refractivity contribution in [3.63, 3.8) is 0 Å². The number of piperidine rings is 1. The summed E-state index contributed by atoms with van der Waals surface area (Å²) in [5, 5.41) is 12.4. The topological polar surface area (TPSA) is 52.6 Å². The van der Waals surface area contributed by atoms with Gasteiger partial charge in [0.15, 0.2) is 0 Å². The molecular weight excluding hydrogens is 228 g/mol. The summed E-state index contributed by atoms with van der Waals surface area (Å²) in [7, 11) is 1.85. The molecule has 98 valence electrons. The lowest BCUT2D eigenvalue weighted by Gasteiger charge is -2.30. The number of rotatable bonds is 4. The normalized spacial score (nSPS) is 20.2. The zero-order valence-corrected chi connectivity index (χ0v) is 10.7. The third-order valence-corrected chi connectivity index (χ3v) is 3.43. The highest BCUT2D eigenvalue weighted by Crippen LogP contribution is 2.11. The number of aliphatic hydroxyl groups excluding tert-OH is 1. The smallest absolute Gasteiger partial charge is 0.222 e. The lowest BCUT2D eigenvalue weighted by atomic mass is 10.1. The number of hydrogen-bond donors (Lipinski definition) is 2. The predicted molar refractivity (Wildman–Crippen MR) is 69.9 cm³/mol. The second kappa shape index (κ2) is 5.98. The van der Waals surface area contributed by atoms with E-state index in [4.69, 9.17) is 5.11 Å². The van der Waals surface area contributed by atoms with Gasteiger partial charge in [-0.3, -0.25) is 4.79 Å². The number of carbonyl (C=O) groups excluding carboxylic acids is 1. The minimum atomic E-state index is 0.0865. The summed E-state index contributed by atoms with van der Waals surface area (Å²) in [4.78, 5) is 13.1. The molecule has 4 heteroatoms. The zero-order chi connectivity index (χ0) is 13.0. The Kier molecular flexibility index (Phi) is 4.33. The molecule has 4 nitrogen and oxygen atoms in total. The summed E-state index contributed by atoms with van der Waals surface area (Å²) in [5.41, 5.74) is 2.13. The Morgan fingerprint density at radius 3 is 2.61 bits per heavy atom. The standard InChI is InChI=1S/C14H20N2O2/c1-16-9-13(6-7-14(16)18)15-8-11-2-4-12(10-17)5-3-11/h2-5,13,15,17H,6-10H2,1H3. The van der Waals surface area contributed by atoms with Crippen molar-refractivity contribution in [2.24, 2.45) is 0 Å². The number of hydrogen-bond acceptors (Lipinski definition) is 3. The fraction of sp³-hybridized carbons (Fsp3) is 0.500. The van der Waals surface area contributed by atoms with Crippen molar-refractivity contribution in [1.82, 2.24) is 10.2 Å². The highest BCUT2D eigenvalue weighted by Gasteiger charge is 2.21. The lowest BCUT2D eigenvalue weighted by Crippen LogP contribution is -2.46. The highest BCUT2D eigenvalue weighted by atomic mass is 16.3. The number of aliphatic hydroxyl groups is 1. The van der Waals surface area contributed by atoms with Gasteiger partial charge < -0.3 is 15.3 Å². The molecule has 18 heavy (non-hydrogen) atoms. The summed E-state index contributed by atoms with van der Waals surface area (Å²) < 4.78 is 0. The molecule has 1 saturated heterocycles. The van der Waals surface area contributed by atoms with E-state index in [1.165, 1.54) is 5.56 Å². The Hall–Kier alpha value is -1.39. The van der Waals surface area contributed by atoms with Crippen LogP contribution in [0.5, 0.6) is 0 Å². The Balaban J connectivity index is 1.82. The van der Waals surface area contributed by atoms with Crippen molar-refractivity contribution >= 4 is 5.91 Å². The second-order valence-corrected chi connectivity index (χ2v) is 4.87. The van der Waals surface area contributed by atoms with Crippen molar-refractivity contribution in [3.8, 4) is 0 Å². The molecule has 0 saturated carbocycles. The van der Waals surface area contributed by atoms with E-state index in [-0.39, 0.29) is 12.5 Å². The molecule has 1 aliphatic heterocycles. The molecule has 1 unspecified atom stereocenters. The van der Waals surface area contributed by atoms with E-state index in [0.29, 0.717) is 12.5 Å². The van der Waals surface area contributed by atoms with Crippen LogP contribution < -0.4 is 5.32 Å². The average Bonchev–Trinajstić information content (AvgIpc) is 2.41. The van der Waals surface area contributed by atoms with Gasteiger partial charge in [0.25, 0.3) is 0 Å². The second-order valence-electron chi connectivity index (χ2n) is 4.87. The van der Waals surface area contributed by atoms with Crippen LogP contribution >= 0.6 is 0 Å². The van der Waals surface area contributed by atoms with Gasteiger partial charge >= 0.3 is 0 Å². The van der Waals surface area contributed by atoms with E-state index in [2.05, 4.69) is 5.32 Å². The van der Waals surface area contributed by atoms with Crippen LogP contribution in [0.1, 0.15) is 24.0 Å². The maximum Gasteiger partial charge on any atom is 0.222 e. The predicted octanol–water partition coefficient (Wildman–Crippen LogP) is 0.889. The van der Waals surface area contributed by atoms with E-state index in [1.54, 1.807) is 4.90 Å². The van der Waals surface area contributed by atoms with Crippen molar-refractivity contribution in [3.05, 3.63) is 35.4 Å². The quantitative estimate of drug-likeness (QED) is 0.832. The minimum absolute atomic E-state index is 0.0865. The fourth-order valence-electron chi connectivity index (χ4n) is 2.20. The number of likely N-dealkylation sites (tertiary alicyclic amines) is 1. The van der Waals surface area contributed by atoms with Crippen LogP contribution in [0.2, 0.25) is 0 Å². The third-order valence-electron chi connectivity index (χ3n) is 3.43. The Labute approximate surface area is 108 Å². The molecule has 1 aliphatic rings. The first-order valence-corrected chi connectivity index (χ1v) is 6.35. The van der Waals surface area contributed by atoms with Crippen LogP contribution in [0.15, 0.2) is 24.3 Å².